The second kappa shape index (κ2) is 8.03. The predicted octanol–water partition coefficient (Wildman–Crippen LogP) is 3.23. The number of aryl methyl sites for hydroxylation is 1. The van der Waals surface area contributed by atoms with Crippen molar-refractivity contribution in [2.24, 2.45) is 0 Å². The van der Waals surface area contributed by atoms with Gasteiger partial charge in [0.2, 0.25) is 0 Å². The Morgan fingerprint density at radius 1 is 1.43 bits per heavy atom. The summed E-state index contributed by atoms with van der Waals surface area (Å²) in [7, 11) is 0. The van der Waals surface area contributed by atoms with E-state index in [1.165, 1.54) is 12.0 Å². The maximum absolute atomic E-state index is 5.37. The van der Waals surface area contributed by atoms with Gasteiger partial charge in [0, 0.05) is 26.2 Å². The van der Waals surface area contributed by atoms with E-state index in [0.29, 0.717) is 0 Å². The number of hydrogen-bond acceptors (Lipinski definition) is 1. The normalized spacial score (nSPS) is 12.4. The molecule has 0 amide bonds. The van der Waals surface area contributed by atoms with Crippen LogP contribution in [0.5, 0.6) is 5.75 Å². The molecule has 1 aliphatic heterocycles. The van der Waals surface area contributed by atoms with Crippen molar-refractivity contribution in [3.8, 4) is 5.75 Å². The summed E-state index contributed by atoms with van der Waals surface area (Å²) in [6.07, 6.45) is 3.54. The predicted molar refractivity (Wildman–Crippen MR) is 55.1 cm³/mol. The number of para-hydroxylation sites is 1. The fraction of sp³-hybridized carbons (Fsp3) is 0.500. The molecular formula is C12H17ORe-. The Bertz CT molecular complexity index is 223. The van der Waals surface area contributed by atoms with Gasteiger partial charge in [-0.1, -0.05) is 26.7 Å². The molecule has 0 N–H and O–H groups in total. The summed E-state index contributed by atoms with van der Waals surface area (Å²) >= 11 is 0. The van der Waals surface area contributed by atoms with Crippen LogP contribution >= 0.6 is 0 Å². The van der Waals surface area contributed by atoms with Crippen molar-refractivity contribution in [1.82, 2.24) is 0 Å². The number of rotatable bonds is 0. The average Bonchev–Trinajstić information content (AvgIpc) is 2.19. The molecule has 0 atom stereocenters. The minimum Gasteiger partial charge on any atom is -0.519 e. The van der Waals surface area contributed by atoms with Crippen molar-refractivity contribution in [3.63, 3.8) is 0 Å². The van der Waals surface area contributed by atoms with Gasteiger partial charge in [-0.3, -0.25) is 0 Å². The fourth-order valence-corrected chi connectivity index (χ4v) is 1.22. The van der Waals surface area contributed by atoms with Gasteiger partial charge in [-0.15, -0.1) is 11.6 Å². The zero-order valence-electron chi connectivity index (χ0n) is 8.85. The van der Waals surface area contributed by atoms with Gasteiger partial charge in [-0.2, -0.15) is 18.2 Å². The first-order valence-electron chi connectivity index (χ1n) is 5.00. The minimum absolute atomic E-state index is 0. The van der Waals surface area contributed by atoms with Gasteiger partial charge in [-0.25, -0.2) is 0 Å². The molecule has 0 saturated carbocycles. The maximum atomic E-state index is 5.37. The summed E-state index contributed by atoms with van der Waals surface area (Å²) in [6.45, 7) is 5.10. The molecular weight excluding hydrogens is 346 g/mol. The molecule has 1 aliphatic rings. The van der Waals surface area contributed by atoms with E-state index in [-0.39, 0.29) is 20.4 Å². The first kappa shape index (κ1) is 13.7. The van der Waals surface area contributed by atoms with Crippen LogP contribution in [0.2, 0.25) is 0 Å². The van der Waals surface area contributed by atoms with E-state index >= 15 is 0 Å². The molecule has 0 saturated heterocycles. The Kier molecular flexibility index (Phi) is 7.85. The van der Waals surface area contributed by atoms with Crippen LogP contribution in [0.15, 0.2) is 18.2 Å². The third-order valence-corrected chi connectivity index (χ3v) is 1.74. The van der Waals surface area contributed by atoms with Crippen LogP contribution in [0.1, 0.15) is 32.3 Å². The van der Waals surface area contributed by atoms with E-state index in [9.17, 15) is 0 Å². The molecule has 0 unspecified atom stereocenters. The third kappa shape index (κ3) is 4.26. The van der Waals surface area contributed by atoms with E-state index in [1.54, 1.807) is 0 Å². The van der Waals surface area contributed by atoms with Crippen molar-refractivity contribution in [1.29, 1.82) is 0 Å². The Labute approximate surface area is 101 Å². The molecule has 1 aromatic carbocycles. The second-order valence-electron chi connectivity index (χ2n) is 3.18. The van der Waals surface area contributed by atoms with Gasteiger partial charge < -0.3 is 4.74 Å². The zero-order chi connectivity index (χ0) is 9.52. The molecule has 1 aromatic rings. The third-order valence-electron chi connectivity index (χ3n) is 1.74. The topological polar surface area (TPSA) is 9.23 Å². The van der Waals surface area contributed by atoms with Crippen LogP contribution in [-0.2, 0) is 26.8 Å². The Morgan fingerprint density at radius 2 is 2.14 bits per heavy atom. The Morgan fingerprint density at radius 3 is 2.79 bits per heavy atom. The number of ether oxygens (including phenoxy) is 1. The van der Waals surface area contributed by atoms with Crippen LogP contribution in [0, 0.1) is 6.07 Å². The molecule has 0 spiro atoms. The molecule has 2 rings (SSSR count). The zero-order valence-corrected chi connectivity index (χ0v) is 11.6. The van der Waals surface area contributed by atoms with Gasteiger partial charge in [0.05, 0.1) is 6.61 Å². The van der Waals surface area contributed by atoms with Crippen molar-refractivity contribution < 1.29 is 25.2 Å². The van der Waals surface area contributed by atoms with Crippen molar-refractivity contribution in [2.75, 3.05) is 6.61 Å². The van der Waals surface area contributed by atoms with E-state index in [2.05, 4.69) is 26.0 Å². The quantitative estimate of drug-likeness (QED) is 0.643. The SMILES string of the molecule is CCC.[Re].[c-]1cccc2c1OCCC2. The van der Waals surface area contributed by atoms with Crippen LogP contribution in [0.25, 0.3) is 0 Å². The van der Waals surface area contributed by atoms with Crippen molar-refractivity contribution >= 4 is 0 Å². The first-order valence-corrected chi connectivity index (χ1v) is 5.00. The summed E-state index contributed by atoms with van der Waals surface area (Å²) in [4.78, 5) is 0. The fourth-order valence-electron chi connectivity index (χ4n) is 1.22. The van der Waals surface area contributed by atoms with Crippen LogP contribution in [-0.4, -0.2) is 6.61 Å². The molecule has 2 heteroatoms. The minimum atomic E-state index is 0. The smallest absolute Gasteiger partial charge is 0.0844 e. The Hall–Kier alpha value is -0.318. The number of fused-ring (bicyclic) bond motifs is 1. The van der Waals surface area contributed by atoms with Gasteiger partial charge in [0.1, 0.15) is 0 Å². The average molecular weight is 363 g/mol. The summed E-state index contributed by atoms with van der Waals surface area (Å²) < 4.78 is 5.37. The standard InChI is InChI=1S/C9H9O.C3H8.Re/c1-2-6-9-8(4-1)5-3-7-10-9;1-3-2;/h1-2,4H,3,5,7H2;3H2,1-2H3;/q-1;;. The maximum Gasteiger partial charge on any atom is 0.0844 e. The Balaban J connectivity index is 0.000000381. The summed E-state index contributed by atoms with van der Waals surface area (Å²) in [5.41, 5.74) is 1.30. The van der Waals surface area contributed by atoms with Gasteiger partial charge in [0.15, 0.2) is 0 Å². The number of hydrogen-bond donors (Lipinski definition) is 0. The number of benzene rings is 1. The van der Waals surface area contributed by atoms with E-state index in [4.69, 9.17) is 4.74 Å². The second-order valence-corrected chi connectivity index (χ2v) is 3.18. The monoisotopic (exact) mass is 364 g/mol. The first-order chi connectivity index (χ1) is 6.38. The summed E-state index contributed by atoms with van der Waals surface area (Å²) in [5, 5.41) is 0. The molecule has 79 valence electrons. The van der Waals surface area contributed by atoms with Crippen LogP contribution < -0.4 is 4.74 Å². The molecule has 0 aliphatic carbocycles. The molecule has 1 heterocycles. The molecule has 0 bridgehead atoms. The van der Waals surface area contributed by atoms with Gasteiger partial charge >= 0.3 is 0 Å². The van der Waals surface area contributed by atoms with Gasteiger partial charge in [0.25, 0.3) is 0 Å². The molecule has 0 aromatic heterocycles. The largest absolute Gasteiger partial charge is 0.519 e. The van der Waals surface area contributed by atoms with E-state index < -0.39 is 0 Å². The summed E-state index contributed by atoms with van der Waals surface area (Å²) in [6, 6.07) is 9.07. The van der Waals surface area contributed by atoms with Gasteiger partial charge in [-0.05, 0) is 6.42 Å². The van der Waals surface area contributed by atoms with Crippen LogP contribution in [0.4, 0.5) is 0 Å². The van der Waals surface area contributed by atoms with E-state index in [0.717, 1.165) is 25.2 Å². The summed E-state index contributed by atoms with van der Waals surface area (Å²) in [5.74, 6) is 0.953. The molecule has 0 fully saturated rings. The van der Waals surface area contributed by atoms with Crippen molar-refractivity contribution in [2.45, 2.75) is 33.1 Å². The molecule has 14 heavy (non-hydrogen) atoms. The van der Waals surface area contributed by atoms with Crippen LogP contribution in [0.3, 0.4) is 0 Å². The van der Waals surface area contributed by atoms with Crippen molar-refractivity contribution in [3.05, 3.63) is 29.8 Å². The van der Waals surface area contributed by atoms with E-state index in [1.807, 2.05) is 12.1 Å². The molecule has 1 nitrogen and oxygen atoms in total. The molecule has 1 radical (unpaired) electrons.